The Labute approximate surface area is 73.0 Å². The number of nitrogens with two attached hydrogens (primary N) is 1. The maximum absolute atomic E-state index is 5.77. The zero-order valence-electron chi connectivity index (χ0n) is 7.33. The van der Waals surface area contributed by atoms with E-state index < -0.39 is 0 Å². The fourth-order valence-electron chi connectivity index (χ4n) is 1.02. The van der Waals surface area contributed by atoms with Gasteiger partial charge in [-0.1, -0.05) is 19.4 Å². The van der Waals surface area contributed by atoms with Crippen molar-refractivity contribution in [2.75, 3.05) is 5.32 Å². The van der Waals surface area contributed by atoms with Gasteiger partial charge in [0.1, 0.15) is 5.82 Å². The number of aromatic nitrogens is 1. The van der Waals surface area contributed by atoms with Crippen molar-refractivity contribution in [1.29, 1.82) is 0 Å². The van der Waals surface area contributed by atoms with Gasteiger partial charge in [0.2, 0.25) is 0 Å². The lowest BCUT2D eigenvalue weighted by Gasteiger charge is -2.12. The summed E-state index contributed by atoms with van der Waals surface area (Å²) in [5, 5.41) is 3.11. The third-order valence-corrected chi connectivity index (χ3v) is 1.60. The molecule has 0 spiro atoms. The summed E-state index contributed by atoms with van der Waals surface area (Å²) >= 11 is 0. The van der Waals surface area contributed by atoms with Crippen molar-refractivity contribution in [3.05, 3.63) is 24.4 Å². The monoisotopic (exact) mass is 165 g/mol. The lowest BCUT2D eigenvalue weighted by atomic mass is 10.3. The molecule has 0 saturated heterocycles. The molecule has 3 N–H and O–H groups in total. The number of anilines is 1. The Kier molecular flexibility index (Phi) is 3.54. The molecule has 0 aliphatic carbocycles. The minimum absolute atomic E-state index is 0.0184. The molecule has 1 rings (SSSR count). The van der Waals surface area contributed by atoms with Crippen LogP contribution in [-0.2, 0) is 0 Å². The topological polar surface area (TPSA) is 50.9 Å². The molecule has 3 nitrogen and oxygen atoms in total. The molecular weight excluding hydrogens is 150 g/mol. The lowest BCUT2D eigenvalue weighted by Crippen LogP contribution is -2.29. The molecule has 1 atom stereocenters. The third kappa shape index (κ3) is 2.88. The lowest BCUT2D eigenvalue weighted by molar-refractivity contribution is 0.662. The zero-order valence-corrected chi connectivity index (χ0v) is 7.33. The highest BCUT2D eigenvalue weighted by molar-refractivity contribution is 5.33. The van der Waals surface area contributed by atoms with Crippen LogP contribution >= 0.6 is 0 Å². The van der Waals surface area contributed by atoms with Crippen LogP contribution in [0.2, 0.25) is 0 Å². The van der Waals surface area contributed by atoms with Gasteiger partial charge in [-0.3, -0.25) is 0 Å². The molecule has 1 heterocycles. The summed E-state index contributed by atoms with van der Waals surface area (Å²) in [4.78, 5) is 4.11. The Hall–Kier alpha value is -1.09. The van der Waals surface area contributed by atoms with Crippen molar-refractivity contribution < 1.29 is 0 Å². The molecule has 3 heteroatoms. The molecule has 0 aliphatic rings. The van der Waals surface area contributed by atoms with Gasteiger partial charge in [-0.25, -0.2) is 4.98 Å². The Bertz CT molecular complexity index is 210. The molecule has 0 saturated carbocycles. The third-order valence-electron chi connectivity index (χ3n) is 1.60. The van der Waals surface area contributed by atoms with Crippen LogP contribution in [0.4, 0.5) is 5.82 Å². The second-order valence-corrected chi connectivity index (χ2v) is 2.75. The van der Waals surface area contributed by atoms with E-state index in [1.54, 1.807) is 6.20 Å². The van der Waals surface area contributed by atoms with E-state index in [1.807, 2.05) is 18.2 Å². The van der Waals surface area contributed by atoms with Gasteiger partial charge in [-0.2, -0.15) is 0 Å². The predicted molar refractivity (Wildman–Crippen MR) is 50.7 cm³/mol. The molecule has 1 aromatic heterocycles. The van der Waals surface area contributed by atoms with Gasteiger partial charge in [0.15, 0.2) is 0 Å². The van der Waals surface area contributed by atoms with Gasteiger partial charge >= 0.3 is 0 Å². The maximum atomic E-state index is 5.77. The van der Waals surface area contributed by atoms with E-state index in [2.05, 4.69) is 17.2 Å². The Morgan fingerprint density at radius 1 is 1.58 bits per heavy atom. The molecule has 66 valence electrons. The zero-order chi connectivity index (χ0) is 8.81. The summed E-state index contributed by atoms with van der Waals surface area (Å²) in [5.74, 6) is 0.846. The Balaban J connectivity index is 2.41. The van der Waals surface area contributed by atoms with Gasteiger partial charge in [0.25, 0.3) is 0 Å². The van der Waals surface area contributed by atoms with E-state index >= 15 is 0 Å². The molecule has 0 amide bonds. The van der Waals surface area contributed by atoms with Crippen molar-refractivity contribution in [3.8, 4) is 0 Å². The molecular formula is C9H15N3. The molecule has 12 heavy (non-hydrogen) atoms. The highest BCUT2D eigenvalue weighted by Crippen LogP contribution is 2.02. The van der Waals surface area contributed by atoms with E-state index in [-0.39, 0.29) is 6.17 Å². The quantitative estimate of drug-likeness (QED) is 0.666. The second-order valence-electron chi connectivity index (χ2n) is 2.75. The van der Waals surface area contributed by atoms with Gasteiger partial charge < -0.3 is 11.1 Å². The van der Waals surface area contributed by atoms with E-state index in [0.29, 0.717) is 0 Å². The summed E-state index contributed by atoms with van der Waals surface area (Å²) in [6.45, 7) is 2.11. The van der Waals surface area contributed by atoms with Crippen molar-refractivity contribution in [2.45, 2.75) is 25.9 Å². The first-order valence-corrected chi connectivity index (χ1v) is 4.26. The van der Waals surface area contributed by atoms with Gasteiger partial charge in [-0.05, 0) is 18.6 Å². The van der Waals surface area contributed by atoms with E-state index in [1.165, 1.54) is 0 Å². The summed E-state index contributed by atoms with van der Waals surface area (Å²) in [6, 6.07) is 5.74. The largest absolute Gasteiger partial charge is 0.355 e. The van der Waals surface area contributed by atoms with Crippen LogP contribution in [0, 0.1) is 0 Å². The fourth-order valence-corrected chi connectivity index (χ4v) is 1.02. The number of nitrogens with zero attached hydrogens (tertiary/aromatic N) is 1. The SMILES string of the molecule is CCCC(N)Nc1ccccn1. The van der Waals surface area contributed by atoms with Crippen molar-refractivity contribution in [3.63, 3.8) is 0 Å². The number of nitrogens with one attached hydrogen (secondary N) is 1. The predicted octanol–water partition coefficient (Wildman–Crippen LogP) is 1.58. The van der Waals surface area contributed by atoms with Crippen molar-refractivity contribution in [2.24, 2.45) is 5.73 Å². The smallest absolute Gasteiger partial charge is 0.127 e. The van der Waals surface area contributed by atoms with E-state index in [4.69, 9.17) is 5.73 Å². The van der Waals surface area contributed by atoms with Crippen LogP contribution in [0.25, 0.3) is 0 Å². The molecule has 0 radical (unpaired) electrons. The number of pyridine rings is 1. The Morgan fingerprint density at radius 2 is 2.42 bits per heavy atom. The maximum Gasteiger partial charge on any atom is 0.127 e. The molecule has 0 bridgehead atoms. The average molecular weight is 165 g/mol. The summed E-state index contributed by atoms with van der Waals surface area (Å²) < 4.78 is 0. The minimum Gasteiger partial charge on any atom is -0.355 e. The van der Waals surface area contributed by atoms with Crippen molar-refractivity contribution in [1.82, 2.24) is 4.98 Å². The number of hydrogen-bond acceptors (Lipinski definition) is 3. The summed E-state index contributed by atoms with van der Waals surface area (Å²) in [6.07, 6.45) is 3.82. The first-order chi connectivity index (χ1) is 5.83. The van der Waals surface area contributed by atoms with Gasteiger partial charge in [-0.15, -0.1) is 0 Å². The first-order valence-electron chi connectivity index (χ1n) is 4.26. The second kappa shape index (κ2) is 4.72. The molecule has 1 aromatic rings. The Morgan fingerprint density at radius 3 is 3.00 bits per heavy atom. The highest BCUT2D eigenvalue weighted by Gasteiger charge is 1.99. The summed E-state index contributed by atoms with van der Waals surface area (Å²) in [5.41, 5.74) is 5.77. The number of hydrogen-bond donors (Lipinski definition) is 2. The molecule has 0 aliphatic heterocycles. The van der Waals surface area contributed by atoms with Gasteiger partial charge in [0, 0.05) is 6.20 Å². The van der Waals surface area contributed by atoms with Crippen LogP contribution in [0.3, 0.4) is 0 Å². The minimum atomic E-state index is 0.0184. The van der Waals surface area contributed by atoms with E-state index in [0.717, 1.165) is 18.7 Å². The van der Waals surface area contributed by atoms with Crippen LogP contribution in [0.15, 0.2) is 24.4 Å². The average Bonchev–Trinajstić information content (AvgIpc) is 2.06. The van der Waals surface area contributed by atoms with Gasteiger partial charge in [0.05, 0.1) is 6.17 Å². The van der Waals surface area contributed by atoms with Crippen LogP contribution < -0.4 is 11.1 Å². The van der Waals surface area contributed by atoms with Crippen LogP contribution in [-0.4, -0.2) is 11.1 Å². The number of rotatable bonds is 4. The highest BCUT2D eigenvalue weighted by atomic mass is 15.1. The molecule has 0 fully saturated rings. The molecule has 0 aromatic carbocycles. The van der Waals surface area contributed by atoms with Crippen molar-refractivity contribution >= 4 is 5.82 Å². The standard InChI is InChI=1S/C9H15N3/c1-2-5-8(10)12-9-6-3-4-7-11-9/h3-4,6-8H,2,5,10H2,1H3,(H,11,12). The van der Waals surface area contributed by atoms with Crippen LogP contribution in [0.1, 0.15) is 19.8 Å². The van der Waals surface area contributed by atoms with E-state index in [9.17, 15) is 0 Å². The summed E-state index contributed by atoms with van der Waals surface area (Å²) in [7, 11) is 0. The first kappa shape index (κ1) is 9.00. The van der Waals surface area contributed by atoms with Crippen LogP contribution in [0.5, 0.6) is 0 Å². The fraction of sp³-hybridized carbons (Fsp3) is 0.444. The normalized spacial score (nSPS) is 12.5. The molecule has 1 unspecified atom stereocenters.